The highest BCUT2D eigenvalue weighted by atomic mass is 14.9. The third-order valence-electron chi connectivity index (χ3n) is 1.59. The molecule has 1 heteroatoms. The largest absolute Gasteiger partial charge is 0.381 e. The van der Waals surface area contributed by atoms with E-state index >= 15 is 0 Å². The summed E-state index contributed by atoms with van der Waals surface area (Å²) in [5.74, 6) is 0. The summed E-state index contributed by atoms with van der Waals surface area (Å²) in [6.07, 6.45) is 10.8. The van der Waals surface area contributed by atoms with Gasteiger partial charge in [-0.25, -0.2) is 0 Å². The molecule has 74 valence electrons. The van der Waals surface area contributed by atoms with Gasteiger partial charge >= 0.3 is 0 Å². The van der Waals surface area contributed by atoms with E-state index in [4.69, 9.17) is 0 Å². The van der Waals surface area contributed by atoms with E-state index in [9.17, 15) is 0 Å². The van der Waals surface area contributed by atoms with E-state index in [1.54, 1.807) is 24.3 Å². The molecule has 0 aromatic rings. The third-order valence-corrected chi connectivity index (χ3v) is 1.59. The lowest BCUT2D eigenvalue weighted by Crippen LogP contribution is -2.12. The fourth-order valence-corrected chi connectivity index (χ4v) is 0.907. The molecule has 0 fully saturated rings. The Morgan fingerprint density at radius 2 is 1.71 bits per heavy atom. The molecule has 0 aromatic carbocycles. The first-order chi connectivity index (χ1) is 6.79. The highest BCUT2D eigenvalue weighted by molar-refractivity contribution is 5.39. The minimum atomic E-state index is 0.710. The van der Waals surface area contributed by atoms with E-state index in [0.29, 0.717) is 6.54 Å². The first-order valence-corrected chi connectivity index (χ1v) is 4.43. The van der Waals surface area contributed by atoms with Gasteiger partial charge in [-0.15, -0.1) is 6.58 Å². The minimum Gasteiger partial charge on any atom is -0.381 e. The van der Waals surface area contributed by atoms with Gasteiger partial charge in [-0.2, -0.15) is 0 Å². The van der Waals surface area contributed by atoms with Crippen LogP contribution in [0.1, 0.15) is 0 Å². The van der Waals surface area contributed by atoms with Crippen LogP contribution < -0.4 is 5.32 Å². The van der Waals surface area contributed by atoms with Gasteiger partial charge in [0.05, 0.1) is 0 Å². The van der Waals surface area contributed by atoms with Gasteiger partial charge in [0, 0.05) is 12.2 Å². The van der Waals surface area contributed by atoms with Crippen molar-refractivity contribution in [1.82, 2.24) is 5.32 Å². The van der Waals surface area contributed by atoms with Crippen LogP contribution in [-0.4, -0.2) is 6.54 Å². The molecule has 0 bridgehead atoms. The maximum absolute atomic E-state index is 3.71. The van der Waals surface area contributed by atoms with E-state index in [0.717, 1.165) is 11.3 Å². The van der Waals surface area contributed by atoms with Crippen molar-refractivity contribution >= 4 is 0 Å². The van der Waals surface area contributed by atoms with Crippen molar-refractivity contribution in [2.45, 2.75) is 0 Å². The molecule has 0 aromatic heterocycles. The standard InChI is InChI=1S/C13H17N/c1-5-9-10-13(14-11-6-2)12(7-3)8-4/h5-10,14H,1-4,11H2/b10-9-. The number of hydrogen-bond acceptors (Lipinski definition) is 1. The highest BCUT2D eigenvalue weighted by Gasteiger charge is 1.94. The van der Waals surface area contributed by atoms with E-state index in [1.165, 1.54) is 0 Å². The van der Waals surface area contributed by atoms with Crippen LogP contribution in [-0.2, 0) is 0 Å². The Morgan fingerprint density at radius 1 is 1.07 bits per heavy atom. The van der Waals surface area contributed by atoms with Crippen LogP contribution in [0.15, 0.2) is 74.0 Å². The molecular formula is C13H17N. The van der Waals surface area contributed by atoms with Crippen molar-refractivity contribution in [2.75, 3.05) is 6.54 Å². The Balaban J connectivity index is 4.82. The van der Waals surface area contributed by atoms with Gasteiger partial charge in [0.1, 0.15) is 0 Å². The van der Waals surface area contributed by atoms with Gasteiger partial charge in [-0.05, 0) is 11.6 Å². The number of allylic oxidation sites excluding steroid dienone is 6. The van der Waals surface area contributed by atoms with Gasteiger partial charge in [-0.1, -0.05) is 50.1 Å². The zero-order chi connectivity index (χ0) is 10.8. The Labute approximate surface area is 86.5 Å². The van der Waals surface area contributed by atoms with E-state index in [2.05, 4.69) is 31.6 Å². The summed E-state index contributed by atoms with van der Waals surface area (Å²) in [6.45, 7) is 15.4. The first-order valence-electron chi connectivity index (χ1n) is 4.43. The molecule has 0 aliphatic carbocycles. The highest BCUT2D eigenvalue weighted by Crippen LogP contribution is 2.05. The molecule has 0 aliphatic rings. The van der Waals surface area contributed by atoms with Crippen molar-refractivity contribution in [2.24, 2.45) is 0 Å². The zero-order valence-corrected chi connectivity index (χ0v) is 8.50. The van der Waals surface area contributed by atoms with Crippen molar-refractivity contribution < 1.29 is 0 Å². The maximum Gasteiger partial charge on any atom is 0.0415 e. The van der Waals surface area contributed by atoms with Crippen molar-refractivity contribution in [3.8, 4) is 0 Å². The Kier molecular flexibility index (Phi) is 6.88. The monoisotopic (exact) mass is 187 g/mol. The van der Waals surface area contributed by atoms with E-state index in [-0.39, 0.29) is 0 Å². The fraction of sp³-hybridized carbons (Fsp3) is 0.0769. The van der Waals surface area contributed by atoms with Gasteiger partial charge in [0.15, 0.2) is 0 Å². The van der Waals surface area contributed by atoms with Crippen LogP contribution >= 0.6 is 0 Å². The average Bonchev–Trinajstić information content (AvgIpc) is 2.22. The van der Waals surface area contributed by atoms with E-state index < -0.39 is 0 Å². The lowest BCUT2D eigenvalue weighted by atomic mass is 10.2. The molecule has 0 saturated carbocycles. The number of rotatable bonds is 7. The van der Waals surface area contributed by atoms with Crippen molar-refractivity contribution in [1.29, 1.82) is 0 Å². The fourth-order valence-electron chi connectivity index (χ4n) is 0.907. The Morgan fingerprint density at radius 3 is 2.14 bits per heavy atom. The molecule has 0 rings (SSSR count). The molecule has 0 spiro atoms. The van der Waals surface area contributed by atoms with E-state index in [1.807, 2.05) is 12.2 Å². The Hall–Kier alpha value is -1.76. The smallest absolute Gasteiger partial charge is 0.0415 e. The van der Waals surface area contributed by atoms with Crippen LogP contribution in [0.4, 0.5) is 0 Å². The van der Waals surface area contributed by atoms with Crippen molar-refractivity contribution in [3.63, 3.8) is 0 Å². The summed E-state index contributed by atoms with van der Waals surface area (Å²) in [7, 11) is 0. The summed E-state index contributed by atoms with van der Waals surface area (Å²) >= 11 is 0. The molecule has 1 nitrogen and oxygen atoms in total. The normalized spacial score (nSPS) is 9.14. The average molecular weight is 187 g/mol. The molecule has 0 unspecified atom stereocenters. The summed E-state index contributed by atoms with van der Waals surface area (Å²) < 4.78 is 0. The van der Waals surface area contributed by atoms with Gasteiger partial charge in [0.25, 0.3) is 0 Å². The zero-order valence-electron chi connectivity index (χ0n) is 8.50. The summed E-state index contributed by atoms with van der Waals surface area (Å²) in [4.78, 5) is 0. The minimum absolute atomic E-state index is 0.710. The molecule has 0 amide bonds. The lowest BCUT2D eigenvalue weighted by Gasteiger charge is -2.07. The molecule has 14 heavy (non-hydrogen) atoms. The first kappa shape index (κ1) is 12.2. The molecule has 0 heterocycles. The van der Waals surface area contributed by atoms with Crippen LogP contribution in [0, 0.1) is 0 Å². The predicted molar refractivity (Wildman–Crippen MR) is 65.0 cm³/mol. The second kappa shape index (κ2) is 7.87. The SMILES string of the molecule is C=C/C=C\C(NCC=C)=C(C=C)C=C. The van der Waals surface area contributed by atoms with Crippen LogP contribution in [0.5, 0.6) is 0 Å². The second-order valence-electron chi connectivity index (χ2n) is 2.54. The molecule has 0 aliphatic heterocycles. The molecule has 0 atom stereocenters. The molecular weight excluding hydrogens is 170 g/mol. The third kappa shape index (κ3) is 4.31. The summed E-state index contributed by atoms with van der Waals surface area (Å²) in [5, 5.41) is 3.19. The number of nitrogens with one attached hydrogen (secondary N) is 1. The van der Waals surface area contributed by atoms with Crippen LogP contribution in [0.2, 0.25) is 0 Å². The lowest BCUT2D eigenvalue weighted by molar-refractivity contribution is 0.929. The molecule has 0 radical (unpaired) electrons. The maximum atomic E-state index is 3.71. The topological polar surface area (TPSA) is 12.0 Å². The predicted octanol–water partition coefficient (Wildman–Crippen LogP) is 3.13. The van der Waals surface area contributed by atoms with Crippen LogP contribution in [0.25, 0.3) is 0 Å². The van der Waals surface area contributed by atoms with Gasteiger partial charge < -0.3 is 5.32 Å². The quantitative estimate of drug-likeness (QED) is 0.477. The Bertz CT molecular complexity index is 270. The summed E-state index contributed by atoms with van der Waals surface area (Å²) in [6, 6.07) is 0. The second-order valence-corrected chi connectivity index (χ2v) is 2.54. The number of hydrogen-bond donors (Lipinski definition) is 1. The van der Waals surface area contributed by atoms with Crippen LogP contribution in [0.3, 0.4) is 0 Å². The molecule has 0 saturated heterocycles. The van der Waals surface area contributed by atoms with Crippen molar-refractivity contribution in [3.05, 3.63) is 74.0 Å². The van der Waals surface area contributed by atoms with Gasteiger partial charge in [0.2, 0.25) is 0 Å². The van der Waals surface area contributed by atoms with Gasteiger partial charge in [-0.3, -0.25) is 0 Å². The summed E-state index contributed by atoms with van der Waals surface area (Å²) in [5.41, 5.74) is 1.93. The molecule has 1 N–H and O–H groups in total.